The number of hydrogen-bond donors (Lipinski definition) is 2. The molecule has 1 atom stereocenters. The zero-order valence-corrected chi connectivity index (χ0v) is 12.3. The molecule has 0 bridgehead atoms. The number of carbonyl (C=O) groups is 2. The van der Waals surface area contributed by atoms with Crippen LogP contribution in [0.2, 0.25) is 0 Å². The van der Waals surface area contributed by atoms with E-state index < -0.39 is 6.03 Å². The minimum absolute atomic E-state index is 0.0740. The lowest BCUT2D eigenvalue weighted by molar-refractivity contribution is -0.116. The molecule has 0 spiro atoms. The number of carbonyl (C=O) groups excluding carboxylic acids is 2. The van der Waals surface area contributed by atoms with Gasteiger partial charge in [-0.25, -0.2) is 10.2 Å². The van der Waals surface area contributed by atoms with Crippen LogP contribution in [0.15, 0.2) is 65.8 Å². The van der Waals surface area contributed by atoms with Gasteiger partial charge in [0, 0.05) is 5.69 Å². The zero-order valence-electron chi connectivity index (χ0n) is 12.3. The van der Waals surface area contributed by atoms with Crippen molar-refractivity contribution in [1.82, 2.24) is 5.43 Å². The number of hydrogen-bond acceptors (Lipinski definition) is 3. The van der Waals surface area contributed by atoms with E-state index >= 15 is 0 Å². The first-order valence-electron chi connectivity index (χ1n) is 7.21. The Balaban J connectivity index is 2.05. The van der Waals surface area contributed by atoms with Gasteiger partial charge in [0.25, 0.3) is 0 Å². The Labute approximate surface area is 133 Å². The molecular weight excluding hydrogens is 292 g/mol. The molecule has 23 heavy (non-hydrogen) atoms. The molecule has 0 saturated carbocycles. The van der Waals surface area contributed by atoms with E-state index in [1.165, 1.54) is 0 Å². The molecule has 0 aromatic heterocycles. The van der Waals surface area contributed by atoms with Crippen molar-refractivity contribution in [2.75, 3.05) is 4.90 Å². The molecule has 3 N–H and O–H groups in total. The van der Waals surface area contributed by atoms with E-state index in [2.05, 4.69) is 10.5 Å². The van der Waals surface area contributed by atoms with Gasteiger partial charge in [0.15, 0.2) is 0 Å². The standard InChI is InChI=1S/C17H16N4O2/c18-17(23)20-19-14-11-15(22)21(13-9-5-2-6-10-13)16(14)12-7-3-1-4-8-12/h1-10,16H,11H2,(H3,18,20,23)/b19-14-/t16-/m1/s1. The van der Waals surface area contributed by atoms with Crippen molar-refractivity contribution in [3.05, 3.63) is 66.2 Å². The summed E-state index contributed by atoms with van der Waals surface area (Å²) in [6, 6.07) is 17.8. The Bertz CT molecular complexity index is 744. The molecule has 2 aromatic carbocycles. The van der Waals surface area contributed by atoms with E-state index in [1.807, 2.05) is 60.7 Å². The molecule has 0 unspecified atom stereocenters. The zero-order chi connectivity index (χ0) is 16.2. The topological polar surface area (TPSA) is 87.8 Å². The van der Waals surface area contributed by atoms with Gasteiger partial charge in [-0.3, -0.25) is 9.69 Å². The molecule has 116 valence electrons. The van der Waals surface area contributed by atoms with Crippen molar-refractivity contribution in [2.24, 2.45) is 10.8 Å². The second-order valence-electron chi connectivity index (χ2n) is 5.17. The van der Waals surface area contributed by atoms with Crippen LogP contribution in [-0.2, 0) is 4.79 Å². The Morgan fingerprint density at radius 1 is 1.09 bits per heavy atom. The van der Waals surface area contributed by atoms with Gasteiger partial charge in [0.05, 0.1) is 12.1 Å². The number of anilines is 1. The Morgan fingerprint density at radius 2 is 1.70 bits per heavy atom. The van der Waals surface area contributed by atoms with Crippen LogP contribution in [0.25, 0.3) is 0 Å². The lowest BCUT2D eigenvalue weighted by Crippen LogP contribution is -2.30. The third-order valence-electron chi connectivity index (χ3n) is 3.63. The minimum Gasteiger partial charge on any atom is -0.350 e. The predicted octanol–water partition coefficient (Wildman–Crippen LogP) is 2.19. The number of primary amides is 1. The van der Waals surface area contributed by atoms with Crippen LogP contribution in [0.5, 0.6) is 0 Å². The molecule has 1 heterocycles. The summed E-state index contributed by atoms with van der Waals surface area (Å²) in [4.78, 5) is 25.1. The van der Waals surface area contributed by atoms with Crippen molar-refractivity contribution in [3.8, 4) is 0 Å². The lowest BCUT2D eigenvalue weighted by Gasteiger charge is -2.25. The van der Waals surface area contributed by atoms with Crippen molar-refractivity contribution in [3.63, 3.8) is 0 Å². The monoisotopic (exact) mass is 308 g/mol. The third kappa shape index (κ3) is 3.06. The minimum atomic E-state index is -0.755. The number of amides is 3. The molecule has 1 fully saturated rings. The Hall–Kier alpha value is -3.15. The summed E-state index contributed by atoms with van der Waals surface area (Å²) < 4.78 is 0. The SMILES string of the molecule is NC(=O)N/N=C1/CC(=O)N(c2ccccc2)[C@@H]1c1ccccc1. The molecule has 6 nitrogen and oxygen atoms in total. The van der Waals surface area contributed by atoms with Crippen LogP contribution in [0.4, 0.5) is 10.5 Å². The first kappa shape index (κ1) is 14.8. The number of urea groups is 1. The highest BCUT2D eigenvalue weighted by molar-refractivity contribution is 6.19. The van der Waals surface area contributed by atoms with Crippen molar-refractivity contribution in [1.29, 1.82) is 0 Å². The van der Waals surface area contributed by atoms with E-state index in [0.29, 0.717) is 5.71 Å². The number of rotatable bonds is 3. The van der Waals surface area contributed by atoms with Gasteiger partial charge in [-0.05, 0) is 17.7 Å². The molecule has 0 radical (unpaired) electrons. The van der Waals surface area contributed by atoms with Crippen molar-refractivity contribution < 1.29 is 9.59 Å². The molecule has 1 saturated heterocycles. The van der Waals surface area contributed by atoms with Crippen LogP contribution in [0.1, 0.15) is 18.0 Å². The summed E-state index contributed by atoms with van der Waals surface area (Å²) in [5.74, 6) is -0.0740. The molecule has 3 amide bonds. The van der Waals surface area contributed by atoms with Gasteiger partial charge in [0.1, 0.15) is 6.04 Å². The van der Waals surface area contributed by atoms with Gasteiger partial charge in [-0.15, -0.1) is 0 Å². The van der Waals surface area contributed by atoms with Gasteiger partial charge >= 0.3 is 6.03 Å². The van der Waals surface area contributed by atoms with Crippen LogP contribution in [0.3, 0.4) is 0 Å². The van der Waals surface area contributed by atoms with Crippen LogP contribution in [-0.4, -0.2) is 17.6 Å². The number of para-hydroxylation sites is 1. The number of nitrogens with one attached hydrogen (secondary N) is 1. The molecule has 1 aliphatic rings. The van der Waals surface area contributed by atoms with Crippen molar-refractivity contribution in [2.45, 2.75) is 12.5 Å². The van der Waals surface area contributed by atoms with Crippen LogP contribution >= 0.6 is 0 Å². The average Bonchev–Trinajstić information content (AvgIpc) is 2.91. The molecule has 3 rings (SSSR count). The summed E-state index contributed by atoms with van der Waals surface area (Å²) in [5, 5.41) is 4.04. The van der Waals surface area contributed by atoms with E-state index in [0.717, 1.165) is 11.3 Å². The van der Waals surface area contributed by atoms with E-state index in [9.17, 15) is 9.59 Å². The summed E-state index contributed by atoms with van der Waals surface area (Å²) in [7, 11) is 0. The largest absolute Gasteiger partial charge is 0.350 e. The summed E-state index contributed by atoms with van der Waals surface area (Å²) in [5.41, 5.74) is 9.58. The number of benzene rings is 2. The number of nitrogens with zero attached hydrogens (tertiary/aromatic N) is 2. The molecular formula is C17H16N4O2. The third-order valence-corrected chi connectivity index (χ3v) is 3.63. The molecule has 2 aromatic rings. The molecule has 6 heteroatoms. The molecule has 0 aliphatic carbocycles. The quantitative estimate of drug-likeness (QED) is 0.851. The fourth-order valence-corrected chi connectivity index (χ4v) is 2.72. The second kappa shape index (κ2) is 6.31. The van der Waals surface area contributed by atoms with E-state index in [4.69, 9.17) is 5.73 Å². The van der Waals surface area contributed by atoms with Gasteiger partial charge in [-0.2, -0.15) is 5.10 Å². The highest BCUT2D eigenvalue weighted by Crippen LogP contribution is 2.35. The fraction of sp³-hybridized carbons (Fsp3) is 0.118. The molecule has 1 aliphatic heterocycles. The van der Waals surface area contributed by atoms with Gasteiger partial charge < -0.3 is 5.73 Å². The highest BCUT2D eigenvalue weighted by Gasteiger charge is 2.38. The summed E-state index contributed by atoms with van der Waals surface area (Å²) in [6.45, 7) is 0. The lowest BCUT2D eigenvalue weighted by atomic mass is 10.0. The van der Waals surface area contributed by atoms with E-state index in [1.54, 1.807) is 4.90 Å². The second-order valence-corrected chi connectivity index (χ2v) is 5.17. The summed E-state index contributed by atoms with van der Waals surface area (Å²) >= 11 is 0. The summed E-state index contributed by atoms with van der Waals surface area (Å²) in [6.07, 6.45) is 0.134. The Kier molecular flexibility index (Phi) is 4.05. The maximum atomic E-state index is 12.5. The van der Waals surface area contributed by atoms with Crippen molar-refractivity contribution >= 4 is 23.3 Å². The fourth-order valence-electron chi connectivity index (χ4n) is 2.72. The maximum Gasteiger partial charge on any atom is 0.332 e. The number of hydrazone groups is 1. The Morgan fingerprint density at radius 3 is 2.30 bits per heavy atom. The highest BCUT2D eigenvalue weighted by atomic mass is 16.2. The first-order valence-corrected chi connectivity index (χ1v) is 7.21. The smallest absolute Gasteiger partial charge is 0.332 e. The van der Waals surface area contributed by atoms with Crippen LogP contribution < -0.4 is 16.1 Å². The van der Waals surface area contributed by atoms with Gasteiger partial charge in [0.2, 0.25) is 5.91 Å². The van der Waals surface area contributed by atoms with E-state index in [-0.39, 0.29) is 18.4 Å². The number of nitrogens with two attached hydrogens (primary N) is 1. The van der Waals surface area contributed by atoms with Crippen LogP contribution in [0, 0.1) is 0 Å². The average molecular weight is 308 g/mol. The normalized spacial score (nSPS) is 19.1. The first-order chi connectivity index (χ1) is 11.2. The van der Waals surface area contributed by atoms with Gasteiger partial charge in [-0.1, -0.05) is 48.5 Å². The predicted molar refractivity (Wildman–Crippen MR) is 87.9 cm³/mol. The maximum absolute atomic E-state index is 12.5.